The number of carbonyl (C=O) groups is 1. The first-order valence-electron chi connectivity index (χ1n) is 5.45. The van der Waals surface area contributed by atoms with Crippen molar-refractivity contribution in [2.75, 3.05) is 20.3 Å². The van der Waals surface area contributed by atoms with Crippen LogP contribution in [0.15, 0.2) is 35.2 Å². The lowest BCUT2D eigenvalue weighted by Crippen LogP contribution is -2.27. The van der Waals surface area contributed by atoms with Crippen molar-refractivity contribution in [3.8, 4) is 0 Å². The van der Waals surface area contributed by atoms with Crippen molar-refractivity contribution in [2.45, 2.75) is 4.90 Å². The minimum absolute atomic E-state index is 0.121. The lowest BCUT2D eigenvalue weighted by Gasteiger charge is -2.06. The van der Waals surface area contributed by atoms with E-state index in [1.165, 1.54) is 37.5 Å². The van der Waals surface area contributed by atoms with Gasteiger partial charge in [-0.05, 0) is 23.8 Å². The number of hydrogen-bond donors (Lipinski definition) is 2. The van der Waals surface area contributed by atoms with E-state index in [0.717, 1.165) is 6.08 Å². The summed E-state index contributed by atoms with van der Waals surface area (Å²) in [7, 11) is -2.07. The van der Waals surface area contributed by atoms with Crippen LogP contribution in [-0.2, 0) is 19.6 Å². The first-order valence-corrected chi connectivity index (χ1v) is 6.94. The Morgan fingerprint density at radius 3 is 2.53 bits per heavy atom. The summed E-state index contributed by atoms with van der Waals surface area (Å²) in [4.78, 5) is 10.5. The first kappa shape index (κ1) is 15.4. The number of ether oxygens (including phenoxy) is 1. The number of hydrogen-bond acceptors (Lipinski definition) is 4. The molecule has 0 spiro atoms. The molecule has 0 unspecified atom stereocenters. The Bertz CT molecular complexity index is 548. The second-order valence-electron chi connectivity index (χ2n) is 3.63. The van der Waals surface area contributed by atoms with E-state index >= 15 is 0 Å². The highest BCUT2D eigenvalue weighted by atomic mass is 32.2. The maximum absolute atomic E-state index is 11.8. The number of rotatable bonds is 7. The molecule has 0 atom stereocenters. The van der Waals surface area contributed by atoms with E-state index < -0.39 is 16.0 Å². The monoisotopic (exact) mass is 285 g/mol. The summed E-state index contributed by atoms with van der Waals surface area (Å²) >= 11 is 0. The Kier molecular flexibility index (Phi) is 5.68. The molecule has 1 aromatic rings. The van der Waals surface area contributed by atoms with Gasteiger partial charge in [-0.1, -0.05) is 12.1 Å². The molecule has 2 N–H and O–H groups in total. The van der Waals surface area contributed by atoms with Crippen LogP contribution in [0.1, 0.15) is 5.56 Å². The summed E-state index contributed by atoms with van der Waals surface area (Å²) in [5, 5.41) is 8.47. The Balaban J connectivity index is 2.77. The molecule has 1 rings (SSSR count). The smallest absolute Gasteiger partial charge is 0.328 e. The molecule has 0 heterocycles. The van der Waals surface area contributed by atoms with Crippen LogP contribution >= 0.6 is 0 Å². The number of carboxylic acid groups (broad SMARTS) is 1. The Morgan fingerprint density at radius 1 is 1.37 bits per heavy atom. The van der Waals surface area contributed by atoms with Crippen molar-refractivity contribution in [3.05, 3.63) is 35.9 Å². The summed E-state index contributed by atoms with van der Waals surface area (Å²) in [6.07, 6.45) is 2.37. The molecule has 0 amide bonds. The zero-order valence-electron chi connectivity index (χ0n) is 10.4. The molecule has 1 aromatic carbocycles. The average Bonchev–Trinajstić information content (AvgIpc) is 2.37. The molecule has 0 radical (unpaired) electrons. The summed E-state index contributed by atoms with van der Waals surface area (Å²) in [6.45, 7) is 0.484. The lowest BCUT2D eigenvalue weighted by molar-refractivity contribution is -0.131. The van der Waals surface area contributed by atoms with Crippen LogP contribution in [-0.4, -0.2) is 39.8 Å². The number of aliphatic carboxylic acids is 1. The Morgan fingerprint density at radius 2 is 2.00 bits per heavy atom. The molecule has 7 heteroatoms. The minimum Gasteiger partial charge on any atom is -0.478 e. The van der Waals surface area contributed by atoms with Gasteiger partial charge in [0.05, 0.1) is 11.5 Å². The van der Waals surface area contributed by atoms with E-state index in [1.807, 2.05) is 0 Å². The molecule has 0 aliphatic rings. The van der Waals surface area contributed by atoms with Gasteiger partial charge in [0.15, 0.2) is 0 Å². The second kappa shape index (κ2) is 7.03. The molecule has 0 bridgehead atoms. The van der Waals surface area contributed by atoms with Crippen LogP contribution < -0.4 is 4.72 Å². The van der Waals surface area contributed by atoms with Crippen molar-refractivity contribution < 1.29 is 23.1 Å². The normalized spacial score (nSPS) is 11.8. The first-order chi connectivity index (χ1) is 8.95. The molecule has 6 nitrogen and oxygen atoms in total. The molecule has 0 aliphatic heterocycles. The van der Waals surface area contributed by atoms with E-state index in [-0.39, 0.29) is 11.4 Å². The number of benzene rings is 1. The summed E-state index contributed by atoms with van der Waals surface area (Å²) in [5.41, 5.74) is 0.609. The zero-order valence-corrected chi connectivity index (χ0v) is 11.2. The van der Waals surface area contributed by atoms with Crippen LogP contribution in [0, 0.1) is 0 Å². The maximum atomic E-state index is 11.8. The summed E-state index contributed by atoms with van der Waals surface area (Å²) in [6, 6.07) is 5.89. The maximum Gasteiger partial charge on any atom is 0.328 e. The summed E-state index contributed by atoms with van der Waals surface area (Å²) in [5.74, 6) is -1.06. The fourth-order valence-electron chi connectivity index (χ4n) is 1.29. The van der Waals surface area contributed by atoms with Gasteiger partial charge in [0, 0.05) is 19.7 Å². The van der Waals surface area contributed by atoms with Crippen molar-refractivity contribution in [3.63, 3.8) is 0 Å². The topological polar surface area (TPSA) is 92.7 Å². The number of methoxy groups -OCH3 is 1. The van der Waals surface area contributed by atoms with Gasteiger partial charge in [-0.15, -0.1) is 0 Å². The van der Waals surface area contributed by atoms with Crippen LogP contribution in [0.2, 0.25) is 0 Å². The SMILES string of the molecule is COCCNS(=O)(=O)c1ccc(C=CC(=O)O)cc1. The van der Waals surface area contributed by atoms with E-state index in [1.54, 1.807) is 0 Å². The fourth-order valence-corrected chi connectivity index (χ4v) is 2.30. The zero-order chi connectivity index (χ0) is 14.3. The van der Waals surface area contributed by atoms with Gasteiger partial charge in [0.1, 0.15) is 0 Å². The third-order valence-electron chi connectivity index (χ3n) is 2.21. The van der Waals surface area contributed by atoms with Crippen LogP contribution in [0.25, 0.3) is 6.08 Å². The van der Waals surface area contributed by atoms with E-state index in [0.29, 0.717) is 12.2 Å². The van der Waals surface area contributed by atoms with Crippen LogP contribution in [0.5, 0.6) is 0 Å². The number of sulfonamides is 1. The van der Waals surface area contributed by atoms with Crippen molar-refractivity contribution in [2.24, 2.45) is 0 Å². The van der Waals surface area contributed by atoms with E-state index in [9.17, 15) is 13.2 Å². The molecule has 0 fully saturated rings. The van der Waals surface area contributed by atoms with Gasteiger partial charge >= 0.3 is 5.97 Å². The minimum atomic E-state index is -3.55. The van der Waals surface area contributed by atoms with Gasteiger partial charge in [0.25, 0.3) is 0 Å². The highest BCUT2D eigenvalue weighted by Crippen LogP contribution is 2.11. The average molecular weight is 285 g/mol. The predicted octanol–water partition coefficient (Wildman–Crippen LogP) is 0.709. The fraction of sp³-hybridized carbons (Fsp3) is 0.250. The van der Waals surface area contributed by atoms with Gasteiger partial charge in [0.2, 0.25) is 10.0 Å². The number of carboxylic acids is 1. The van der Waals surface area contributed by atoms with Crippen LogP contribution in [0.4, 0.5) is 0 Å². The highest BCUT2D eigenvalue weighted by Gasteiger charge is 2.12. The highest BCUT2D eigenvalue weighted by molar-refractivity contribution is 7.89. The molecular formula is C12H15NO5S. The van der Waals surface area contributed by atoms with Gasteiger partial charge in [-0.3, -0.25) is 0 Å². The van der Waals surface area contributed by atoms with Gasteiger partial charge < -0.3 is 9.84 Å². The third-order valence-corrected chi connectivity index (χ3v) is 3.68. The molecule has 19 heavy (non-hydrogen) atoms. The standard InChI is InChI=1S/C12H15NO5S/c1-18-9-8-13-19(16,17)11-5-2-10(3-6-11)4-7-12(14)15/h2-7,13H,8-9H2,1H3,(H,14,15). The summed E-state index contributed by atoms with van der Waals surface area (Å²) < 4.78 is 30.7. The van der Waals surface area contributed by atoms with Gasteiger partial charge in [-0.25, -0.2) is 17.9 Å². The largest absolute Gasteiger partial charge is 0.478 e. The Labute approximate surface area is 111 Å². The molecule has 0 saturated heterocycles. The van der Waals surface area contributed by atoms with Crippen LogP contribution in [0.3, 0.4) is 0 Å². The predicted molar refractivity (Wildman–Crippen MR) is 70.2 cm³/mol. The quantitative estimate of drug-likeness (QED) is 0.568. The van der Waals surface area contributed by atoms with Gasteiger partial charge in [-0.2, -0.15) is 0 Å². The molecule has 0 aliphatic carbocycles. The third kappa shape index (κ3) is 5.21. The number of nitrogens with one attached hydrogen (secondary N) is 1. The molecule has 104 valence electrons. The second-order valence-corrected chi connectivity index (χ2v) is 5.40. The lowest BCUT2D eigenvalue weighted by atomic mass is 10.2. The molecular weight excluding hydrogens is 270 g/mol. The van der Waals surface area contributed by atoms with E-state index in [2.05, 4.69) is 4.72 Å². The van der Waals surface area contributed by atoms with Crippen molar-refractivity contribution in [1.82, 2.24) is 4.72 Å². The van der Waals surface area contributed by atoms with Crippen molar-refractivity contribution in [1.29, 1.82) is 0 Å². The Hall–Kier alpha value is -1.70. The molecule has 0 aromatic heterocycles. The van der Waals surface area contributed by atoms with Crippen molar-refractivity contribution >= 4 is 22.1 Å². The molecule has 0 saturated carbocycles. The van der Waals surface area contributed by atoms with E-state index in [4.69, 9.17) is 9.84 Å².